The smallest absolute Gasteiger partial charge is 0.253 e. The van der Waals surface area contributed by atoms with E-state index in [0.717, 1.165) is 44.5 Å². The molecule has 2 aliphatic rings. The largest absolute Gasteiger partial charge is 0.454 e. The Hall–Kier alpha value is -2.83. The average molecular weight is 354 g/mol. The predicted octanol–water partition coefficient (Wildman–Crippen LogP) is 2.27. The van der Waals surface area contributed by atoms with Gasteiger partial charge in [-0.2, -0.15) is 0 Å². The molecule has 2 aromatic rings. The molecule has 0 saturated carbocycles. The number of hydrogen-bond acceptors (Lipinski definition) is 6. The number of nitrogens with two attached hydrogens (primary N) is 1. The molecule has 1 amide bonds. The number of likely N-dealkylation sites (tertiary alicyclic amines) is 1. The highest BCUT2D eigenvalue weighted by Crippen LogP contribution is 2.33. The summed E-state index contributed by atoms with van der Waals surface area (Å²) in [4.78, 5) is 23.2. The van der Waals surface area contributed by atoms with Crippen LogP contribution in [0.5, 0.6) is 11.5 Å². The third-order valence-electron chi connectivity index (χ3n) is 4.98. The Morgan fingerprint density at radius 3 is 2.88 bits per heavy atom. The van der Waals surface area contributed by atoms with Crippen LogP contribution in [-0.4, -0.2) is 40.7 Å². The van der Waals surface area contributed by atoms with Crippen LogP contribution >= 0.6 is 0 Å². The van der Waals surface area contributed by atoms with Gasteiger partial charge in [0.25, 0.3) is 5.91 Å². The van der Waals surface area contributed by atoms with Crippen LogP contribution < -0.4 is 15.2 Å². The van der Waals surface area contributed by atoms with Crippen molar-refractivity contribution in [2.45, 2.75) is 25.7 Å². The summed E-state index contributed by atoms with van der Waals surface area (Å²) >= 11 is 0. The van der Waals surface area contributed by atoms with Crippen molar-refractivity contribution in [1.82, 2.24) is 14.9 Å². The molecule has 0 radical (unpaired) electrons. The summed E-state index contributed by atoms with van der Waals surface area (Å²) in [5.74, 6) is 2.33. The Balaban J connectivity index is 1.38. The Bertz CT molecular complexity index is 794. The molecule has 1 aromatic carbocycles. The van der Waals surface area contributed by atoms with Gasteiger partial charge < -0.3 is 20.1 Å². The van der Waals surface area contributed by atoms with Gasteiger partial charge in [0.2, 0.25) is 6.79 Å². The van der Waals surface area contributed by atoms with Gasteiger partial charge in [-0.05, 0) is 49.8 Å². The maximum atomic E-state index is 12.8. The van der Waals surface area contributed by atoms with Crippen LogP contribution in [0.1, 0.15) is 35.3 Å². The van der Waals surface area contributed by atoms with Gasteiger partial charge in [-0.3, -0.25) is 9.78 Å². The normalized spacial score (nSPS) is 19.2. The van der Waals surface area contributed by atoms with E-state index in [1.54, 1.807) is 24.5 Å². The summed E-state index contributed by atoms with van der Waals surface area (Å²) in [7, 11) is 0. The van der Waals surface area contributed by atoms with Gasteiger partial charge in [0, 0.05) is 18.7 Å². The summed E-state index contributed by atoms with van der Waals surface area (Å²) in [5.41, 5.74) is 7.20. The molecule has 1 atom stereocenters. The topological polar surface area (TPSA) is 90.6 Å². The molecule has 7 nitrogen and oxygen atoms in total. The molecule has 26 heavy (non-hydrogen) atoms. The SMILES string of the molecule is Nc1cnc(CC2CCCN(C(=O)c3ccc4c(c3)OCO4)CC2)cn1. The number of amides is 1. The summed E-state index contributed by atoms with van der Waals surface area (Å²) in [6, 6.07) is 5.38. The molecule has 0 spiro atoms. The van der Waals surface area contributed by atoms with E-state index < -0.39 is 0 Å². The molecule has 1 saturated heterocycles. The van der Waals surface area contributed by atoms with Crippen molar-refractivity contribution in [3.63, 3.8) is 0 Å². The number of nitrogen functional groups attached to an aromatic ring is 1. The monoisotopic (exact) mass is 354 g/mol. The minimum Gasteiger partial charge on any atom is -0.454 e. The summed E-state index contributed by atoms with van der Waals surface area (Å²) < 4.78 is 10.7. The number of ether oxygens (including phenoxy) is 2. The molecule has 4 rings (SSSR count). The second-order valence-corrected chi connectivity index (χ2v) is 6.79. The molecular weight excluding hydrogens is 332 g/mol. The first kappa shape index (κ1) is 16.6. The van der Waals surface area contributed by atoms with Crippen LogP contribution in [0.2, 0.25) is 0 Å². The molecule has 2 aliphatic heterocycles. The molecule has 1 aromatic heterocycles. The lowest BCUT2D eigenvalue weighted by molar-refractivity contribution is 0.0759. The number of benzene rings is 1. The van der Waals surface area contributed by atoms with Gasteiger partial charge in [-0.1, -0.05) is 0 Å². The summed E-state index contributed by atoms with van der Waals surface area (Å²) in [6.07, 6.45) is 7.25. The summed E-state index contributed by atoms with van der Waals surface area (Å²) in [5, 5.41) is 0. The first-order valence-electron chi connectivity index (χ1n) is 8.94. The first-order chi connectivity index (χ1) is 12.7. The fourth-order valence-corrected chi connectivity index (χ4v) is 3.55. The minimum absolute atomic E-state index is 0.0521. The second-order valence-electron chi connectivity index (χ2n) is 6.79. The number of nitrogens with zero attached hydrogens (tertiary/aromatic N) is 3. The van der Waals surface area contributed by atoms with Gasteiger partial charge in [0.15, 0.2) is 11.5 Å². The lowest BCUT2D eigenvalue weighted by atomic mass is 9.95. The van der Waals surface area contributed by atoms with E-state index in [4.69, 9.17) is 15.2 Å². The van der Waals surface area contributed by atoms with Crippen LogP contribution in [0.25, 0.3) is 0 Å². The second kappa shape index (κ2) is 7.19. The summed E-state index contributed by atoms with van der Waals surface area (Å²) in [6.45, 7) is 1.74. The standard InChI is InChI=1S/C19H22N4O3/c20-18-11-21-15(10-22-18)8-13-2-1-6-23(7-5-13)19(24)14-3-4-16-17(9-14)26-12-25-16/h3-4,9-11,13H,1-2,5-8,12H2,(H2,20,22). The van der Waals surface area contributed by atoms with E-state index in [-0.39, 0.29) is 12.7 Å². The van der Waals surface area contributed by atoms with Crippen LogP contribution in [-0.2, 0) is 6.42 Å². The van der Waals surface area contributed by atoms with E-state index in [0.29, 0.717) is 28.8 Å². The quantitative estimate of drug-likeness (QED) is 0.909. The third kappa shape index (κ3) is 3.56. The zero-order valence-corrected chi connectivity index (χ0v) is 14.6. The third-order valence-corrected chi connectivity index (χ3v) is 4.98. The van der Waals surface area contributed by atoms with Crippen LogP contribution in [0.4, 0.5) is 5.82 Å². The van der Waals surface area contributed by atoms with Gasteiger partial charge in [0.1, 0.15) is 5.82 Å². The lowest BCUT2D eigenvalue weighted by Gasteiger charge is -2.21. The Morgan fingerprint density at radius 1 is 1.15 bits per heavy atom. The average Bonchev–Trinajstić information content (AvgIpc) is 3.01. The van der Waals surface area contributed by atoms with E-state index in [1.165, 1.54) is 0 Å². The fourth-order valence-electron chi connectivity index (χ4n) is 3.55. The number of fused-ring (bicyclic) bond motifs is 1. The van der Waals surface area contributed by atoms with Crippen molar-refractivity contribution in [1.29, 1.82) is 0 Å². The van der Waals surface area contributed by atoms with Crippen LogP contribution in [0.15, 0.2) is 30.6 Å². The molecule has 2 N–H and O–H groups in total. The van der Waals surface area contributed by atoms with E-state index >= 15 is 0 Å². The highest BCUT2D eigenvalue weighted by atomic mass is 16.7. The highest BCUT2D eigenvalue weighted by molar-refractivity contribution is 5.95. The Labute approximate surface area is 152 Å². The molecule has 136 valence electrons. The van der Waals surface area contributed by atoms with Crippen molar-refractivity contribution in [3.05, 3.63) is 41.9 Å². The molecule has 0 bridgehead atoms. The van der Waals surface area contributed by atoms with E-state index in [1.807, 2.05) is 11.0 Å². The lowest BCUT2D eigenvalue weighted by Crippen LogP contribution is -2.32. The molecule has 0 aliphatic carbocycles. The maximum absolute atomic E-state index is 12.8. The van der Waals surface area contributed by atoms with Crippen molar-refractivity contribution >= 4 is 11.7 Å². The van der Waals surface area contributed by atoms with Crippen LogP contribution in [0.3, 0.4) is 0 Å². The van der Waals surface area contributed by atoms with Crippen molar-refractivity contribution in [2.24, 2.45) is 5.92 Å². The van der Waals surface area contributed by atoms with Gasteiger partial charge >= 0.3 is 0 Å². The molecule has 1 unspecified atom stereocenters. The van der Waals surface area contributed by atoms with Gasteiger partial charge in [0.05, 0.1) is 18.1 Å². The molecule has 7 heteroatoms. The maximum Gasteiger partial charge on any atom is 0.253 e. The number of hydrogen-bond donors (Lipinski definition) is 1. The van der Waals surface area contributed by atoms with Crippen molar-refractivity contribution in [2.75, 3.05) is 25.6 Å². The number of rotatable bonds is 3. The van der Waals surface area contributed by atoms with E-state index in [2.05, 4.69) is 9.97 Å². The number of aromatic nitrogens is 2. The van der Waals surface area contributed by atoms with Crippen LogP contribution in [0, 0.1) is 5.92 Å². The Kier molecular flexibility index (Phi) is 4.60. The fraction of sp³-hybridized carbons (Fsp3) is 0.421. The highest BCUT2D eigenvalue weighted by Gasteiger charge is 2.24. The molecule has 3 heterocycles. The zero-order chi connectivity index (χ0) is 17.9. The minimum atomic E-state index is 0.0521. The molecule has 1 fully saturated rings. The first-order valence-corrected chi connectivity index (χ1v) is 8.94. The number of carbonyl (C=O) groups excluding carboxylic acids is 1. The number of carbonyl (C=O) groups is 1. The predicted molar refractivity (Wildman–Crippen MR) is 96.0 cm³/mol. The van der Waals surface area contributed by atoms with Crippen molar-refractivity contribution < 1.29 is 14.3 Å². The van der Waals surface area contributed by atoms with Crippen molar-refractivity contribution in [3.8, 4) is 11.5 Å². The molecular formula is C19H22N4O3. The van der Waals surface area contributed by atoms with Gasteiger partial charge in [-0.25, -0.2) is 4.98 Å². The number of anilines is 1. The zero-order valence-electron chi connectivity index (χ0n) is 14.6. The van der Waals surface area contributed by atoms with E-state index in [9.17, 15) is 4.79 Å². The van der Waals surface area contributed by atoms with Gasteiger partial charge in [-0.15, -0.1) is 0 Å². The Morgan fingerprint density at radius 2 is 2.04 bits per heavy atom.